The lowest BCUT2D eigenvalue weighted by atomic mass is 9.74. The van der Waals surface area contributed by atoms with Gasteiger partial charge in [-0.05, 0) is 31.4 Å². The first-order chi connectivity index (χ1) is 12.0. The number of aryl methyl sites for hydroxylation is 1. The monoisotopic (exact) mass is 345 g/mol. The van der Waals surface area contributed by atoms with Crippen LogP contribution in [0.3, 0.4) is 0 Å². The highest BCUT2D eigenvalue weighted by Crippen LogP contribution is 2.35. The van der Waals surface area contributed by atoms with Crippen LogP contribution in [0.15, 0.2) is 29.2 Å². The summed E-state index contributed by atoms with van der Waals surface area (Å²) in [4.78, 5) is 19.2. The normalized spacial score (nSPS) is 24.7. The van der Waals surface area contributed by atoms with Crippen LogP contribution in [-0.4, -0.2) is 50.3 Å². The fourth-order valence-electron chi connectivity index (χ4n) is 3.97. The van der Waals surface area contributed by atoms with Gasteiger partial charge in [0.15, 0.2) is 0 Å². The quantitative estimate of drug-likeness (QED) is 0.855. The third-order valence-corrected chi connectivity index (χ3v) is 5.35. The Morgan fingerprint density at radius 3 is 2.96 bits per heavy atom. The smallest absolute Gasteiger partial charge is 0.258 e. The van der Waals surface area contributed by atoms with E-state index in [1.54, 1.807) is 16.7 Å². The molecule has 6 heteroatoms. The van der Waals surface area contributed by atoms with Crippen LogP contribution in [0.25, 0.3) is 5.65 Å². The van der Waals surface area contributed by atoms with E-state index < -0.39 is 11.5 Å². The largest absolute Gasteiger partial charge is 0.396 e. The van der Waals surface area contributed by atoms with Gasteiger partial charge in [-0.1, -0.05) is 19.4 Å². The molecule has 25 heavy (non-hydrogen) atoms. The molecule has 136 valence electrons. The van der Waals surface area contributed by atoms with Gasteiger partial charge in [0.2, 0.25) is 0 Å². The lowest BCUT2D eigenvalue weighted by Crippen LogP contribution is -2.53. The van der Waals surface area contributed by atoms with Crippen molar-refractivity contribution in [2.45, 2.75) is 45.8 Å². The van der Waals surface area contributed by atoms with Crippen LogP contribution >= 0.6 is 0 Å². The molecule has 2 atom stereocenters. The fraction of sp³-hybridized carbons (Fsp3) is 0.579. The van der Waals surface area contributed by atoms with E-state index >= 15 is 0 Å². The first-order valence-electron chi connectivity index (χ1n) is 8.98. The summed E-state index contributed by atoms with van der Waals surface area (Å²) in [6, 6.07) is 5.37. The number of nitrogens with zero attached hydrogens (tertiary/aromatic N) is 3. The Hall–Kier alpha value is -1.76. The van der Waals surface area contributed by atoms with E-state index in [4.69, 9.17) is 0 Å². The predicted molar refractivity (Wildman–Crippen MR) is 96.5 cm³/mol. The van der Waals surface area contributed by atoms with Gasteiger partial charge in [0, 0.05) is 37.3 Å². The molecule has 0 aliphatic carbocycles. The Morgan fingerprint density at radius 2 is 2.24 bits per heavy atom. The number of hydrogen-bond donors (Lipinski definition) is 2. The number of aromatic nitrogens is 2. The average molecular weight is 345 g/mol. The van der Waals surface area contributed by atoms with Crippen LogP contribution in [0.2, 0.25) is 0 Å². The molecule has 2 aromatic heterocycles. The second kappa shape index (κ2) is 7.23. The molecule has 0 unspecified atom stereocenters. The zero-order valence-electron chi connectivity index (χ0n) is 15.0. The van der Waals surface area contributed by atoms with E-state index in [1.807, 2.05) is 19.1 Å². The van der Waals surface area contributed by atoms with Gasteiger partial charge in [0.05, 0.1) is 18.4 Å². The topological polar surface area (TPSA) is 78.1 Å². The van der Waals surface area contributed by atoms with Crippen molar-refractivity contribution in [1.82, 2.24) is 14.3 Å². The first kappa shape index (κ1) is 18.0. The fourth-order valence-corrected chi connectivity index (χ4v) is 3.97. The zero-order chi connectivity index (χ0) is 18.0. The standard InChI is InChI=1S/C19H27N3O3/c1-3-7-19(13-23)12-21(9-6-16(19)24)11-15-10-17(25)22-8-4-5-14(2)18(22)20-15/h4-5,8,10,16,23-24H,3,6-7,9,11-13H2,1-2H3/t16-,19-/m1/s1. The summed E-state index contributed by atoms with van der Waals surface area (Å²) in [7, 11) is 0. The van der Waals surface area contributed by atoms with Crippen LogP contribution in [0.1, 0.15) is 37.4 Å². The van der Waals surface area contributed by atoms with Gasteiger partial charge in [0.25, 0.3) is 5.56 Å². The van der Waals surface area contributed by atoms with Crippen molar-refractivity contribution < 1.29 is 10.2 Å². The molecule has 0 spiro atoms. The van der Waals surface area contributed by atoms with Crippen LogP contribution in [-0.2, 0) is 6.54 Å². The van der Waals surface area contributed by atoms with Gasteiger partial charge >= 0.3 is 0 Å². The molecular weight excluding hydrogens is 318 g/mol. The molecule has 3 heterocycles. The van der Waals surface area contributed by atoms with Crippen LogP contribution in [0.4, 0.5) is 0 Å². The maximum atomic E-state index is 12.4. The van der Waals surface area contributed by atoms with E-state index in [0.29, 0.717) is 25.2 Å². The summed E-state index contributed by atoms with van der Waals surface area (Å²) in [6.07, 6.45) is 3.59. The predicted octanol–water partition coefficient (Wildman–Crippen LogP) is 1.35. The van der Waals surface area contributed by atoms with E-state index in [9.17, 15) is 15.0 Å². The van der Waals surface area contributed by atoms with E-state index in [1.165, 1.54) is 0 Å². The van der Waals surface area contributed by atoms with Gasteiger partial charge in [-0.15, -0.1) is 0 Å². The summed E-state index contributed by atoms with van der Waals surface area (Å²) in [5.41, 5.74) is 1.83. The average Bonchev–Trinajstić information content (AvgIpc) is 2.59. The van der Waals surface area contributed by atoms with E-state index in [2.05, 4.69) is 16.8 Å². The number of piperidine rings is 1. The van der Waals surface area contributed by atoms with Crippen molar-refractivity contribution in [2.75, 3.05) is 19.7 Å². The maximum Gasteiger partial charge on any atom is 0.258 e. The highest BCUT2D eigenvalue weighted by atomic mass is 16.3. The number of aliphatic hydroxyl groups is 2. The molecule has 1 fully saturated rings. The van der Waals surface area contributed by atoms with Crippen LogP contribution in [0.5, 0.6) is 0 Å². The number of aliphatic hydroxyl groups excluding tert-OH is 2. The lowest BCUT2D eigenvalue weighted by molar-refractivity contribution is -0.0821. The minimum Gasteiger partial charge on any atom is -0.396 e. The van der Waals surface area contributed by atoms with Crippen LogP contribution in [0, 0.1) is 12.3 Å². The van der Waals surface area contributed by atoms with E-state index in [-0.39, 0.29) is 12.2 Å². The molecular formula is C19H27N3O3. The van der Waals surface area contributed by atoms with Crippen molar-refractivity contribution in [3.8, 4) is 0 Å². The van der Waals surface area contributed by atoms with Gasteiger partial charge < -0.3 is 10.2 Å². The molecule has 6 nitrogen and oxygen atoms in total. The van der Waals surface area contributed by atoms with Crippen molar-refractivity contribution in [2.24, 2.45) is 5.41 Å². The van der Waals surface area contributed by atoms with Gasteiger partial charge in [-0.2, -0.15) is 0 Å². The van der Waals surface area contributed by atoms with E-state index in [0.717, 1.165) is 30.6 Å². The number of rotatable bonds is 5. The zero-order valence-corrected chi connectivity index (χ0v) is 15.0. The molecule has 3 rings (SSSR count). The number of hydrogen-bond acceptors (Lipinski definition) is 5. The SMILES string of the molecule is CCC[C@]1(CO)CN(Cc2cc(=O)n3cccc(C)c3n2)CC[C@H]1O. The minimum absolute atomic E-state index is 0.0224. The van der Waals surface area contributed by atoms with Gasteiger partial charge in [0.1, 0.15) is 5.65 Å². The Bertz CT molecular complexity index is 804. The van der Waals surface area contributed by atoms with Gasteiger partial charge in [-0.25, -0.2) is 4.98 Å². The molecule has 0 radical (unpaired) electrons. The summed E-state index contributed by atoms with van der Waals surface area (Å²) >= 11 is 0. The molecule has 1 saturated heterocycles. The third kappa shape index (κ3) is 3.47. The first-order valence-corrected chi connectivity index (χ1v) is 8.98. The summed E-state index contributed by atoms with van der Waals surface area (Å²) < 4.78 is 1.56. The molecule has 1 aliphatic heterocycles. The van der Waals surface area contributed by atoms with Gasteiger partial charge in [-0.3, -0.25) is 14.1 Å². The third-order valence-electron chi connectivity index (χ3n) is 5.35. The summed E-state index contributed by atoms with van der Waals surface area (Å²) in [5, 5.41) is 20.3. The maximum absolute atomic E-state index is 12.4. The molecule has 2 N–H and O–H groups in total. The highest BCUT2D eigenvalue weighted by molar-refractivity contribution is 5.46. The van der Waals surface area contributed by atoms with Crippen molar-refractivity contribution in [1.29, 1.82) is 0 Å². The Labute approximate surface area is 147 Å². The Balaban J connectivity index is 1.86. The number of pyridine rings is 1. The number of likely N-dealkylation sites (tertiary alicyclic amines) is 1. The summed E-state index contributed by atoms with van der Waals surface area (Å²) in [6.45, 7) is 5.90. The minimum atomic E-state index is -0.480. The Kier molecular flexibility index (Phi) is 5.22. The van der Waals surface area contributed by atoms with Crippen molar-refractivity contribution in [3.63, 3.8) is 0 Å². The molecule has 1 aliphatic rings. The van der Waals surface area contributed by atoms with Crippen LogP contribution < -0.4 is 5.56 Å². The molecule has 0 saturated carbocycles. The number of fused-ring (bicyclic) bond motifs is 1. The Morgan fingerprint density at radius 1 is 1.44 bits per heavy atom. The molecule has 2 aromatic rings. The molecule has 0 bridgehead atoms. The van der Waals surface area contributed by atoms with Crippen molar-refractivity contribution >= 4 is 5.65 Å². The summed E-state index contributed by atoms with van der Waals surface area (Å²) in [5.74, 6) is 0. The molecule has 0 aromatic carbocycles. The second-order valence-corrected chi connectivity index (χ2v) is 7.26. The lowest BCUT2D eigenvalue weighted by Gasteiger charge is -2.45. The van der Waals surface area contributed by atoms with Crippen molar-refractivity contribution in [3.05, 3.63) is 46.0 Å². The second-order valence-electron chi connectivity index (χ2n) is 7.26. The molecule has 0 amide bonds. The highest BCUT2D eigenvalue weighted by Gasteiger charge is 2.41.